The van der Waals surface area contributed by atoms with Gasteiger partial charge in [-0.2, -0.15) is 9.50 Å². The number of hydrogen-bond donors (Lipinski definition) is 1. The number of oxazole rings is 1. The van der Waals surface area contributed by atoms with Crippen molar-refractivity contribution in [3.8, 4) is 11.4 Å². The highest BCUT2D eigenvalue weighted by Crippen LogP contribution is 2.27. The van der Waals surface area contributed by atoms with Crippen molar-refractivity contribution in [1.82, 2.24) is 19.5 Å². The van der Waals surface area contributed by atoms with Gasteiger partial charge in [-0.25, -0.2) is 0 Å². The molecule has 0 bridgehead atoms. The Morgan fingerprint density at radius 1 is 1.17 bits per heavy atom. The van der Waals surface area contributed by atoms with Crippen LogP contribution in [0.4, 0.5) is 0 Å². The molecule has 7 nitrogen and oxygen atoms in total. The Balaban J connectivity index is 1.59. The summed E-state index contributed by atoms with van der Waals surface area (Å²) in [5, 5.41) is 14.7. The number of carbonyl (C=O) groups excluding carboxylic acids is 1. The first-order valence-corrected chi connectivity index (χ1v) is 9.50. The van der Waals surface area contributed by atoms with Gasteiger partial charge in [0.2, 0.25) is 5.76 Å². The number of nitrogens with zero attached hydrogens (tertiary/aromatic N) is 4. The van der Waals surface area contributed by atoms with Crippen molar-refractivity contribution in [1.29, 1.82) is 0 Å². The van der Waals surface area contributed by atoms with Crippen LogP contribution in [0.25, 0.3) is 17.2 Å². The third kappa shape index (κ3) is 3.74. The Hall–Kier alpha value is -3.16. The molecule has 29 heavy (non-hydrogen) atoms. The Morgan fingerprint density at radius 3 is 2.62 bits per heavy atom. The highest BCUT2D eigenvalue weighted by molar-refractivity contribution is 6.33. The van der Waals surface area contributed by atoms with Crippen LogP contribution in [0.2, 0.25) is 5.02 Å². The Morgan fingerprint density at radius 2 is 1.90 bits per heavy atom. The summed E-state index contributed by atoms with van der Waals surface area (Å²) in [5.41, 5.74) is 2.03. The quantitative estimate of drug-likeness (QED) is 0.526. The standard InChI is InChI=1S/C21H19ClN4O3/c1-25(12-11-14-7-3-2-4-8-14)20(28)18-17(13-27)26-21(29-18)23-19(24-26)15-9-5-6-10-16(15)22/h2-10,27H,11-13H2,1H3. The second kappa shape index (κ2) is 8.06. The minimum atomic E-state index is -0.411. The van der Waals surface area contributed by atoms with E-state index < -0.39 is 6.61 Å². The van der Waals surface area contributed by atoms with Crippen molar-refractivity contribution < 1.29 is 14.3 Å². The minimum absolute atomic E-state index is 0.0313. The molecule has 0 saturated heterocycles. The summed E-state index contributed by atoms with van der Waals surface area (Å²) in [4.78, 5) is 18.7. The number of likely N-dealkylation sites (N-methyl/N-ethyl adjacent to an activating group) is 1. The summed E-state index contributed by atoms with van der Waals surface area (Å²) in [5.74, 6) is 0.185. The SMILES string of the molecule is CN(CCc1ccccc1)C(=O)c1oc2nc(-c3ccccc3Cl)nn2c1CO. The number of rotatable bonds is 6. The molecule has 2 aromatic heterocycles. The molecular formula is C21H19ClN4O3. The molecule has 0 fully saturated rings. The first-order valence-electron chi connectivity index (χ1n) is 9.12. The predicted octanol–water partition coefficient (Wildman–Crippen LogP) is 3.45. The third-order valence-electron chi connectivity index (χ3n) is 4.67. The van der Waals surface area contributed by atoms with Gasteiger partial charge >= 0.3 is 5.84 Å². The zero-order valence-electron chi connectivity index (χ0n) is 15.7. The third-order valence-corrected chi connectivity index (χ3v) is 5.00. The lowest BCUT2D eigenvalue weighted by Crippen LogP contribution is -2.29. The van der Waals surface area contributed by atoms with Crippen LogP contribution >= 0.6 is 11.6 Å². The van der Waals surface area contributed by atoms with Crippen LogP contribution in [0.3, 0.4) is 0 Å². The van der Waals surface area contributed by atoms with Crippen molar-refractivity contribution in [3.63, 3.8) is 0 Å². The normalized spacial score (nSPS) is 11.1. The van der Waals surface area contributed by atoms with Gasteiger partial charge in [0.05, 0.1) is 11.6 Å². The van der Waals surface area contributed by atoms with Gasteiger partial charge in [-0.1, -0.05) is 54.1 Å². The van der Waals surface area contributed by atoms with Crippen molar-refractivity contribution in [2.24, 2.45) is 0 Å². The number of aliphatic hydroxyl groups is 1. The molecule has 0 radical (unpaired) electrons. The summed E-state index contributed by atoms with van der Waals surface area (Å²) >= 11 is 6.21. The van der Waals surface area contributed by atoms with Gasteiger partial charge in [0.1, 0.15) is 5.69 Å². The summed E-state index contributed by atoms with van der Waals surface area (Å²) < 4.78 is 7.01. The van der Waals surface area contributed by atoms with Crippen molar-refractivity contribution in [2.75, 3.05) is 13.6 Å². The lowest BCUT2D eigenvalue weighted by molar-refractivity contribution is 0.0762. The molecule has 0 saturated carbocycles. The molecule has 2 aromatic carbocycles. The Kier molecular flexibility index (Phi) is 5.33. The van der Waals surface area contributed by atoms with Crippen molar-refractivity contribution in [3.05, 3.63) is 76.6 Å². The molecule has 1 amide bonds. The van der Waals surface area contributed by atoms with E-state index in [1.54, 1.807) is 24.1 Å². The van der Waals surface area contributed by atoms with Gasteiger partial charge in [-0.15, -0.1) is 5.10 Å². The first kappa shape index (κ1) is 19.2. The maximum absolute atomic E-state index is 12.9. The van der Waals surface area contributed by atoms with Gasteiger partial charge in [-0.05, 0) is 24.1 Å². The van der Waals surface area contributed by atoms with Crippen LogP contribution in [0.15, 0.2) is 59.0 Å². The van der Waals surface area contributed by atoms with Gasteiger partial charge in [0.25, 0.3) is 5.91 Å². The van der Waals surface area contributed by atoms with Crippen LogP contribution in [-0.2, 0) is 13.0 Å². The van der Waals surface area contributed by atoms with Crippen LogP contribution < -0.4 is 0 Å². The summed E-state index contributed by atoms with van der Waals surface area (Å²) in [6.45, 7) is 0.0982. The number of fused-ring (bicyclic) bond motifs is 1. The molecule has 1 N–H and O–H groups in total. The van der Waals surface area contributed by atoms with E-state index in [-0.39, 0.29) is 23.2 Å². The molecule has 0 unspecified atom stereocenters. The molecule has 0 spiro atoms. The predicted molar refractivity (Wildman–Crippen MR) is 109 cm³/mol. The molecule has 2 heterocycles. The number of hydrogen-bond acceptors (Lipinski definition) is 5. The molecule has 0 aliphatic rings. The van der Waals surface area contributed by atoms with E-state index in [2.05, 4.69) is 10.1 Å². The zero-order valence-corrected chi connectivity index (χ0v) is 16.5. The van der Waals surface area contributed by atoms with E-state index in [1.165, 1.54) is 4.52 Å². The first-order chi connectivity index (χ1) is 14.1. The number of carbonyl (C=O) groups is 1. The maximum Gasteiger partial charge on any atom is 0.326 e. The molecule has 4 rings (SSSR count). The number of amides is 1. The average molecular weight is 411 g/mol. The molecule has 4 aromatic rings. The van der Waals surface area contributed by atoms with E-state index in [0.29, 0.717) is 29.4 Å². The second-order valence-electron chi connectivity index (χ2n) is 6.61. The number of aliphatic hydroxyl groups excluding tert-OH is 1. The maximum atomic E-state index is 12.9. The van der Waals surface area contributed by atoms with E-state index in [9.17, 15) is 9.90 Å². The van der Waals surface area contributed by atoms with Gasteiger partial charge < -0.3 is 14.4 Å². The fraction of sp³-hybridized carbons (Fsp3) is 0.190. The van der Waals surface area contributed by atoms with Gasteiger partial charge in [-0.3, -0.25) is 4.79 Å². The smallest absolute Gasteiger partial charge is 0.326 e. The van der Waals surface area contributed by atoms with E-state index in [1.807, 2.05) is 42.5 Å². The van der Waals surface area contributed by atoms with Crippen LogP contribution in [0.5, 0.6) is 0 Å². The minimum Gasteiger partial charge on any atom is -0.416 e. The van der Waals surface area contributed by atoms with Crippen LogP contribution in [-0.4, -0.2) is 44.1 Å². The van der Waals surface area contributed by atoms with E-state index >= 15 is 0 Å². The molecule has 0 atom stereocenters. The molecule has 148 valence electrons. The van der Waals surface area contributed by atoms with Gasteiger partial charge in [0.15, 0.2) is 5.82 Å². The summed E-state index contributed by atoms with van der Waals surface area (Å²) in [6, 6.07) is 17.1. The molecule has 0 aliphatic carbocycles. The highest BCUT2D eigenvalue weighted by atomic mass is 35.5. The fourth-order valence-corrected chi connectivity index (χ4v) is 3.29. The molecule has 8 heteroatoms. The average Bonchev–Trinajstić information content (AvgIpc) is 3.30. The lowest BCUT2D eigenvalue weighted by Gasteiger charge is -2.16. The van der Waals surface area contributed by atoms with Crippen LogP contribution in [0, 0.1) is 0 Å². The number of halogens is 1. The fourth-order valence-electron chi connectivity index (χ4n) is 3.06. The van der Waals surface area contributed by atoms with Crippen molar-refractivity contribution >= 4 is 23.4 Å². The number of aromatic nitrogens is 3. The molecule has 0 aliphatic heterocycles. The largest absolute Gasteiger partial charge is 0.416 e. The summed E-state index contributed by atoms with van der Waals surface area (Å²) in [7, 11) is 1.69. The monoisotopic (exact) mass is 410 g/mol. The Labute approximate surface area is 172 Å². The van der Waals surface area contributed by atoms with Crippen molar-refractivity contribution in [2.45, 2.75) is 13.0 Å². The van der Waals surface area contributed by atoms with E-state index in [4.69, 9.17) is 16.0 Å². The zero-order chi connectivity index (χ0) is 20.4. The van der Waals surface area contributed by atoms with Gasteiger partial charge in [0, 0.05) is 19.2 Å². The topological polar surface area (TPSA) is 83.9 Å². The number of benzene rings is 2. The van der Waals surface area contributed by atoms with E-state index in [0.717, 1.165) is 5.56 Å². The van der Waals surface area contributed by atoms with Crippen LogP contribution in [0.1, 0.15) is 21.8 Å². The molecular weight excluding hydrogens is 392 g/mol. The summed E-state index contributed by atoms with van der Waals surface area (Å²) in [6.07, 6.45) is 0.713. The second-order valence-corrected chi connectivity index (χ2v) is 7.02. The lowest BCUT2D eigenvalue weighted by atomic mass is 10.1. The Bertz CT molecular complexity index is 1150. The highest BCUT2D eigenvalue weighted by Gasteiger charge is 2.26.